The predicted octanol–water partition coefficient (Wildman–Crippen LogP) is -0.390. The van der Waals surface area contributed by atoms with Crippen molar-refractivity contribution in [1.82, 2.24) is 19.5 Å². The van der Waals surface area contributed by atoms with E-state index in [0.29, 0.717) is 0 Å². The van der Waals surface area contributed by atoms with Crippen molar-refractivity contribution in [1.29, 1.82) is 0 Å². The Bertz CT molecular complexity index is 838. The molecule has 0 spiro atoms. The lowest BCUT2D eigenvalue weighted by molar-refractivity contribution is -0.0447. The Morgan fingerprint density at radius 1 is 1.50 bits per heavy atom. The lowest BCUT2D eigenvalue weighted by Gasteiger charge is -2.18. The number of nitrogens with one attached hydrogen (secondary N) is 1. The second kappa shape index (κ2) is 4.88. The standard InChI is InChI=1S/C10H11N4O6PS/c15-1-4-7-6(20-21(17,18)22-7)10(19-4)14-3-13-5-8(14)11-2-12-9(5)16/h2-4,6-7,10,15H,1H2,(H,17,18)(H,11,12,16)/t4-,6-,7-,10-/m1/s1. The molecule has 5 atom stereocenters. The molecule has 0 aromatic carbocycles. The topological polar surface area (TPSA) is 140 Å². The van der Waals surface area contributed by atoms with Crippen molar-refractivity contribution in [2.45, 2.75) is 23.7 Å². The van der Waals surface area contributed by atoms with Gasteiger partial charge in [0, 0.05) is 0 Å². The smallest absolute Gasteiger partial charge is 0.387 e. The summed E-state index contributed by atoms with van der Waals surface area (Å²) < 4.78 is 24.2. The number of nitrogens with zero attached hydrogens (tertiary/aromatic N) is 3. The molecule has 10 nitrogen and oxygen atoms in total. The first kappa shape index (κ1) is 14.4. The molecule has 2 fully saturated rings. The number of rotatable bonds is 2. The Morgan fingerprint density at radius 2 is 2.32 bits per heavy atom. The third-order valence-electron chi connectivity index (χ3n) is 3.61. The first-order valence-electron chi connectivity index (χ1n) is 6.36. The van der Waals surface area contributed by atoms with Gasteiger partial charge >= 0.3 is 6.80 Å². The van der Waals surface area contributed by atoms with Gasteiger partial charge in [0.25, 0.3) is 5.56 Å². The van der Waals surface area contributed by atoms with Crippen LogP contribution in [0.1, 0.15) is 6.23 Å². The number of hydrogen-bond acceptors (Lipinski definition) is 8. The predicted molar refractivity (Wildman–Crippen MR) is 75.2 cm³/mol. The fourth-order valence-corrected chi connectivity index (χ4v) is 6.42. The van der Waals surface area contributed by atoms with Crippen LogP contribution in [0.15, 0.2) is 17.4 Å². The van der Waals surface area contributed by atoms with Crippen molar-refractivity contribution >= 4 is 29.3 Å². The lowest BCUT2D eigenvalue weighted by atomic mass is 10.2. The van der Waals surface area contributed by atoms with Gasteiger partial charge in [-0.15, -0.1) is 0 Å². The number of ether oxygens (including phenoxy) is 1. The highest BCUT2D eigenvalue weighted by molar-refractivity contribution is 8.55. The van der Waals surface area contributed by atoms with E-state index in [-0.39, 0.29) is 17.8 Å². The van der Waals surface area contributed by atoms with E-state index >= 15 is 0 Å². The number of fused-ring (bicyclic) bond motifs is 2. The van der Waals surface area contributed by atoms with Crippen molar-refractivity contribution in [2.75, 3.05) is 6.61 Å². The number of aliphatic hydroxyl groups is 1. The molecule has 0 aliphatic carbocycles. The van der Waals surface area contributed by atoms with Gasteiger partial charge in [-0.05, 0) is 11.4 Å². The third kappa shape index (κ3) is 2.05. The van der Waals surface area contributed by atoms with Gasteiger partial charge in [0.2, 0.25) is 0 Å². The van der Waals surface area contributed by atoms with Crippen LogP contribution < -0.4 is 5.56 Å². The highest BCUT2D eigenvalue weighted by Crippen LogP contribution is 2.69. The molecule has 12 heteroatoms. The summed E-state index contributed by atoms with van der Waals surface area (Å²) in [5.74, 6) is 0. The Kier molecular flexibility index (Phi) is 3.19. The number of aliphatic hydroxyl groups excluding tert-OH is 1. The van der Waals surface area contributed by atoms with Crippen molar-refractivity contribution in [3.05, 3.63) is 23.0 Å². The monoisotopic (exact) mass is 346 g/mol. The van der Waals surface area contributed by atoms with Crippen LogP contribution in [0.25, 0.3) is 11.2 Å². The summed E-state index contributed by atoms with van der Waals surface area (Å²) in [4.78, 5) is 31.8. The van der Waals surface area contributed by atoms with Gasteiger partial charge in [0.15, 0.2) is 17.4 Å². The van der Waals surface area contributed by atoms with Crippen LogP contribution in [0.4, 0.5) is 0 Å². The molecule has 118 valence electrons. The van der Waals surface area contributed by atoms with Gasteiger partial charge in [-0.25, -0.2) is 14.5 Å². The maximum atomic E-state index is 11.8. The van der Waals surface area contributed by atoms with E-state index in [2.05, 4.69) is 15.0 Å². The third-order valence-corrected chi connectivity index (χ3v) is 6.99. The zero-order valence-corrected chi connectivity index (χ0v) is 12.6. The number of H-pyrrole nitrogens is 1. The van der Waals surface area contributed by atoms with E-state index in [4.69, 9.17) is 9.26 Å². The zero-order valence-electron chi connectivity index (χ0n) is 10.9. The minimum atomic E-state index is -3.78. The summed E-state index contributed by atoms with van der Waals surface area (Å²) >= 11 is 0.763. The van der Waals surface area contributed by atoms with E-state index < -0.39 is 36.0 Å². The Hall–Kier alpha value is -1.23. The van der Waals surface area contributed by atoms with Crippen molar-refractivity contribution in [3.63, 3.8) is 0 Å². The minimum Gasteiger partial charge on any atom is -0.394 e. The first-order valence-corrected chi connectivity index (χ1v) is 9.42. The second-order valence-corrected chi connectivity index (χ2v) is 8.83. The highest BCUT2D eigenvalue weighted by atomic mass is 32.7. The first-order chi connectivity index (χ1) is 10.5. The summed E-state index contributed by atoms with van der Waals surface area (Å²) in [6.07, 6.45) is 0.416. The SMILES string of the molecule is O=c1[nH]cnc2c1ncn2[C@@H]1O[C@H](CO)[C@H]2SP(=O)(O)O[C@H]21. The maximum absolute atomic E-state index is 11.8. The molecular formula is C10H11N4O6PS. The van der Waals surface area contributed by atoms with E-state index in [9.17, 15) is 19.4 Å². The van der Waals surface area contributed by atoms with E-state index in [1.807, 2.05) is 0 Å². The summed E-state index contributed by atoms with van der Waals surface area (Å²) in [6.45, 7) is -4.09. The molecule has 2 aromatic rings. The molecule has 0 radical (unpaired) electrons. The van der Waals surface area contributed by atoms with Gasteiger partial charge in [0.1, 0.15) is 6.10 Å². The molecule has 1 unspecified atom stereocenters. The van der Waals surface area contributed by atoms with Crippen LogP contribution in [0.5, 0.6) is 0 Å². The molecule has 0 saturated carbocycles. The fourth-order valence-electron chi connectivity index (χ4n) is 2.70. The van der Waals surface area contributed by atoms with Gasteiger partial charge in [-0.1, -0.05) is 0 Å². The quantitative estimate of drug-likeness (QED) is 0.620. The molecule has 2 aromatic heterocycles. The molecule has 3 N–H and O–H groups in total. The van der Waals surface area contributed by atoms with Gasteiger partial charge < -0.3 is 19.7 Å². The van der Waals surface area contributed by atoms with Crippen LogP contribution in [0.3, 0.4) is 0 Å². The van der Waals surface area contributed by atoms with Crippen LogP contribution >= 0.6 is 18.2 Å². The molecule has 0 bridgehead atoms. The molecular weight excluding hydrogens is 335 g/mol. The summed E-state index contributed by atoms with van der Waals surface area (Å²) in [6, 6.07) is 0. The number of hydrogen-bond donors (Lipinski definition) is 3. The molecule has 2 saturated heterocycles. The fraction of sp³-hybridized carbons (Fsp3) is 0.500. The maximum Gasteiger partial charge on any atom is 0.387 e. The van der Waals surface area contributed by atoms with E-state index in [0.717, 1.165) is 11.4 Å². The second-order valence-electron chi connectivity index (χ2n) is 4.91. The molecule has 2 aliphatic heterocycles. The largest absolute Gasteiger partial charge is 0.394 e. The van der Waals surface area contributed by atoms with Crippen molar-refractivity contribution in [3.8, 4) is 0 Å². The summed E-state index contributed by atoms with van der Waals surface area (Å²) in [5, 5.41) is 8.91. The van der Waals surface area contributed by atoms with Gasteiger partial charge in [-0.2, -0.15) is 0 Å². The molecule has 4 heterocycles. The molecule has 2 aliphatic rings. The minimum absolute atomic E-state index is 0.132. The Morgan fingerprint density at radius 3 is 3.09 bits per heavy atom. The lowest BCUT2D eigenvalue weighted by Crippen LogP contribution is -2.27. The number of aromatic amines is 1. The van der Waals surface area contributed by atoms with Gasteiger partial charge in [-0.3, -0.25) is 13.9 Å². The number of aromatic nitrogens is 4. The molecule has 4 rings (SSSR count). The van der Waals surface area contributed by atoms with Crippen molar-refractivity contribution < 1.29 is 23.8 Å². The zero-order chi connectivity index (χ0) is 15.5. The average molecular weight is 346 g/mol. The highest BCUT2D eigenvalue weighted by Gasteiger charge is 2.57. The van der Waals surface area contributed by atoms with E-state index in [1.165, 1.54) is 17.2 Å². The van der Waals surface area contributed by atoms with Crippen LogP contribution in [-0.4, -0.2) is 53.6 Å². The van der Waals surface area contributed by atoms with Crippen LogP contribution in [0, 0.1) is 0 Å². The van der Waals surface area contributed by atoms with E-state index in [1.54, 1.807) is 0 Å². The Labute approximate surface area is 126 Å². The van der Waals surface area contributed by atoms with Gasteiger partial charge in [0.05, 0.1) is 30.6 Å². The summed E-state index contributed by atoms with van der Waals surface area (Å²) in [5.41, 5.74) is 0.0128. The van der Waals surface area contributed by atoms with Crippen LogP contribution in [0.2, 0.25) is 0 Å². The van der Waals surface area contributed by atoms with Crippen molar-refractivity contribution in [2.24, 2.45) is 0 Å². The summed E-state index contributed by atoms with van der Waals surface area (Å²) in [7, 11) is 0. The average Bonchev–Trinajstić information content (AvgIpc) is 3.10. The normalized spacial score (nSPS) is 37.7. The molecule has 22 heavy (non-hydrogen) atoms. The molecule has 0 amide bonds. The number of imidazole rings is 1. The van der Waals surface area contributed by atoms with Crippen LogP contribution in [-0.2, 0) is 13.8 Å². The Balaban J connectivity index is 1.80.